The zero-order valence-electron chi connectivity index (χ0n) is 15.1. The largest absolute Gasteiger partial charge is 0.379 e. The van der Waals surface area contributed by atoms with Crippen molar-refractivity contribution in [2.45, 2.75) is 38.3 Å². The molecule has 0 spiro atoms. The van der Waals surface area contributed by atoms with Crippen LogP contribution in [0.15, 0.2) is 28.9 Å². The second kappa shape index (κ2) is 7.07. The van der Waals surface area contributed by atoms with Crippen molar-refractivity contribution in [3.8, 4) is 0 Å². The van der Waals surface area contributed by atoms with Gasteiger partial charge < -0.3 is 19.5 Å². The number of aryl methyl sites for hydroxylation is 1. The van der Waals surface area contributed by atoms with Crippen LogP contribution < -0.4 is 10.2 Å². The number of hydrogen-bond donors (Lipinski definition) is 1. The molecule has 4 rings (SSSR count). The van der Waals surface area contributed by atoms with Crippen LogP contribution in [0, 0.1) is 12.8 Å². The third-order valence-electron chi connectivity index (χ3n) is 5.07. The van der Waals surface area contributed by atoms with Crippen LogP contribution in [0.2, 0.25) is 0 Å². The molecule has 1 saturated carbocycles. The molecule has 2 aliphatic rings. The molecular weight excluding hydrogens is 332 g/mol. The van der Waals surface area contributed by atoms with Gasteiger partial charge in [0.05, 0.1) is 11.8 Å². The lowest BCUT2D eigenvalue weighted by Gasteiger charge is -2.17. The van der Waals surface area contributed by atoms with Gasteiger partial charge in [0.1, 0.15) is 11.6 Å². The minimum atomic E-state index is -0.0210. The summed E-state index contributed by atoms with van der Waals surface area (Å²) in [5.41, 5.74) is 1.55. The first-order chi connectivity index (χ1) is 12.6. The molecule has 3 heterocycles. The molecule has 2 fully saturated rings. The van der Waals surface area contributed by atoms with Crippen molar-refractivity contribution in [1.29, 1.82) is 0 Å². The SMILES string of the molecule is CO[C@H]1CN(c2cc(C(=O)NC3CC3)ccn2)C[C@H]1Cc1cc(C)no1. The lowest BCUT2D eigenvalue weighted by atomic mass is 10.0. The molecule has 0 bridgehead atoms. The molecule has 2 aromatic heterocycles. The monoisotopic (exact) mass is 356 g/mol. The molecule has 0 radical (unpaired) electrons. The van der Waals surface area contributed by atoms with Crippen molar-refractivity contribution < 1.29 is 14.1 Å². The number of methoxy groups -OCH3 is 1. The highest BCUT2D eigenvalue weighted by Crippen LogP contribution is 2.28. The van der Waals surface area contributed by atoms with E-state index in [1.54, 1.807) is 19.4 Å². The van der Waals surface area contributed by atoms with E-state index in [0.717, 1.165) is 49.6 Å². The smallest absolute Gasteiger partial charge is 0.251 e. The summed E-state index contributed by atoms with van der Waals surface area (Å²) in [5.74, 6) is 1.96. The van der Waals surface area contributed by atoms with Crippen LogP contribution in [0.25, 0.3) is 0 Å². The van der Waals surface area contributed by atoms with Gasteiger partial charge in [-0.1, -0.05) is 5.16 Å². The van der Waals surface area contributed by atoms with Gasteiger partial charge in [-0.05, 0) is 31.9 Å². The molecule has 7 nitrogen and oxygen atoms in total. The van der Waals surface area contributed by atoms with Crippen LogP contribution >= 0.6 is 0 Å². The molecular formula is C19H24N4O3. The number of amides is 1. The third-order valence-corrected chi connectivity index (χ3v) is 5.07. The minimum absolute atomic E-state index is 0.0210. The van der Waals surface area contributed by atoms with Gasteiger partial charge in [0.2, 0.25) is 0 Å². The van der Waals surface area contributed by atoms with Gasteiger partial charge in [0, 0.05) is 56.4 Å². The Hall–Kier alpha value is -2.41. The maximum atomic E-state index is 12.3. The Labute approximate surface area is 152 Å². The quantitative estimate of drug-likeness (QED) is 0.852. The Balaban J connectivity index is 1.46. The Morgan fingerprint density at radius 1 is 1.38 bits per heavy atom. The fourth-order valence-electron chi connectivity index (χ4n) is 3.49. The molecule has 1 N–H and O–H groups in total. The van der Waals surface area contributed by atoms with Gasteiger partial charge in [-0.25, -0.2) is 4.98 Å². The van der Waals surface area contributed by atoms with E-state index in [-0.39, 0.29) is 17.9 Å². The summed E-state index contributed by atoms with van der Waals surface area (Å²) in [6.45, 7) is 3.47. The topological polar surface area (TPSA) is 80.5 Å². The number of aromatic nitrogens is 2. The van der Waals surface area contributed by atoms with Gasteiger partial charge in [0.25, 0.3) is 5.91 Å². The molecule has 26 heavy (non-hydrogen) atoms. The Bertz CT molecular complexity index is 787. The first-order valence-electron chi connectivity index (χ1n) is 9.09. The summed E-state index contributed by atoms with van der Waals surface area (Å²) >= 11 is 0. The zero-order chi connectivity index (χ0) is 18.1. The number of rotatable bonds is 6. The van der Waals surface area contributed by atoms with Gasteiger partial charge >= 0.3 is 0 Å². The Kier molecular flexibility index (Phi) is 4.63. The molecule has 2 aromatic rings. The number of hydrogen-bond acceptors (Lipinski definition) is 6. The summed E-state index contributed by atoms with van der Waals surface area (Å²) in [7, 11) is 1.74. The second-order valence-corrected chi connectivity index (χ2v) is 7.23. The van der Waals surface area contributed by atoms with Crippen molar-refractivity contribution in [1.82, 2.24) is 15.5 Å². The van der Waals surface area contributed by atoms with E-state index in [4.69, 9.17) is 9.26 Å². The number of carbonyl (C=O) groups is 1. The predicted molar refractivity (Wildman–Crippen MR) is 96.2 cm³/mol. The van der Waals surface area contributed by atoms with Crippen molar-refractivity contribution in [2.24, 2.45) is 5.92 Å². The Morgan fingerprint density at radius 3 is 2.92 bits per heavy atom. The summed E-state index contributed by atoms with van der Waals surface area (Å²) in [6, 6.07) is 5.94. The summed E-state index contributed by atoms with van der Waals surface area (Å²) in [5, 5.41) is 6.98. The predicted octanol–water partition coefficient (Wildman–Crippen LogP) is 1.96. The van der Waals surface area contributed by atoms with Crippen LogP contribution in [0.1, 0.15) is 34.7 Å². The fraction of sp³-hybridized carbons (Fsp3) is 0.526. The van der Waals surface area contributed by atoms with E-state index in [1.165, 1.54) is 0 Å². The van der Waals surface area contributed by atoms with Crippen molar-refractivity contribution in [2.75, 3.05) is 25.1 Å². The van der Waals surface area contributed by atoms with Crippen molar-refractivity contribution >= 4 is 11.7 Å². The molecule has 1 aliphatic heterocycles. The van der Waals surface area contributed by atoms with Gasteiger partial charge in [0.15, 0.2) is 0 Å². The molecule has 0 aromatic carbocycles. The zero-order valence-corrected chi connectivity index (χ0v) is 15.1. The summed E-state index contributed by atoms with van der Waals surface area (Å²) in [4.78, 5) is 18.9. The molecule has 2 atom stereocenters. The molecule has 7 heteroatoms. The third kappa shape index (κ3) is 3.72. The molecule has 0 unspecified atom stereocenters. The van der Waals surface area contributed by atoms with Crippen LogP contribution in [0.5, 0.6) is 0 Å². The average Bonchev–Trinajstić information content (AvgIpc) is 3.22. The minimum Gasteiger partial charge on any atom is -0.379 e. The summed E-state index contributed by atoms with van der Waals surface area (Å²) in [6.07, 6.45) is 4.72. The molecule has 138 valence electrons. The first kappa shape index (κ1) is 17.0. The number of ether oxygens (including phenoxy) is 1. The van der Waals surface area contributed by atoms with Gasteiger partial charge in [-0.15, -0.1) is 0 Å². The van der Waals surface area contributed by atoms with E-state index in [2.05, 4.69) is 20.4 Å². The van der Waals surface area contributed by atoms with Gasteiger partial charge in [-0.2, -0.15) is 0 Å². The first-order valence-corrected chi connectivity index (χ1v) is 9.09. The highest BCUT2D eigenvalue weighted by Gasteiger charge is 2.34. The van der Waals surface area contributed by atoms with E-state index >= 15 is 0 Å². The van der Waals surface area contributed by atoms with E-state index in [0.29, 0.717) is 11.6 Å². The average molecular weight is 356 g/mol. The summed E-state index contributed by atoms with van der Waals surface area (Å²) < 4.78 is 11.0. The Morgan fingerprint density at radius 2 is 2.23 bits per heavy atom. The second-order valence-electron chi connectivity index (χ2n) is 7.23. The highest BCUT2D eigenvalue weighted by molar-refractivity contribution is 5.95. The lowest BCUT2D eigenvalue weighted by molar-refractivity contribution is 0.0813. The number of nitrogens with zero attached hydrogens (tertiary/aromatic N) is 3. The lowest BCUT2D eigenvalue weighted by Crippen LogP contribution is -2.27. The number of carbonyl (C=O) groups excluding carboxylic acids is 1. The highest BCUT2D eigenvalue weighted by atomic mass is 16.5. The maximum absolute atomic E-state index is 12.3. The van der Waals surface area contributed by atoms with Crippen LogP contribution in [-0.4, -0.2) is 48.4 Å². The maximum Gasteiger partial charge on any atom is 0.251 e. The van der Waals surface area contributed by atoms with Crippen LogP contribution in [-0.2, 0) is 11.2 Å². The number of anilines is 1. The van der Waals surface area contributed by atoms with Gasteiger partial charge in [-0.3, -0.25) is 4.79 Å². The normalized spacial score (nSPS) is 22.6. The molecule has 1 amide bonds. The molecule has 1 aliphatic carbocycles. The standard InChI is InChI=1S/C19H24N4O3/c1-12-7-16(26-22-12)8-14-10-23(11-17(14)25-2)18-9-13(5-6-20-18)19(24)21-15-3-4-15/h5-7,9,14-15,17H,3-4,8,10-11H2,1-2H3,(H,21,24)/t14-,17+/m1/s1. The molecule has 1 saturated heterocycles. The van der Waals surface area contributed by atoms with Crippen molar-refractivity contribution in [3.05, 3.63) is 41.4 Å². The van der Waals surface area contributed by atoms with Crippen LogP contribution in [0.3, 0.4) is 0 Å². The van der Waals surface area contributed by atoms with Crippen molar-refractivity contribution in [3.63, 3.8) is 0 Å². The fourth-order valence-corrected chi connectivity index (χ4v) is 3.49. The number of pyridine rings is 1. The number of nitrogens with one attached hydrogen (secondary N) is 1. The van der Waals surface area contributed by atoms with E-state index in [9.17, 15) is 4.79 Å². The van der Waals surface area contributed by atoms with E-state index < -0.39 is 0 Å². The van der Waals surface area contributed by atoms with Crippen LogP contribution in [0.4, 0.5) is 5.82 Å². The van der Waals surface area contributed by atoms with E-state index in [1.807, 2.05) is 19.1 Å².